The number of hydrogen-bond acceptors (Lipinski definition) is 4. The third kappa shape index (κ3) is 3.18. The number of phenolic OH excluding ortho intramolecular Hbond substituents is 2. The summed E-state index contributed by atoms with van der Waals surface area (Å²) in [6.07, 6.45) is 3.46. The van der Waals surface area contributed by atoms with Gasteiger partial charge in [-0.1, -0.05) is 12.1 Å². The molecule has 8 heteroatoms. The third-order valence-electron chi connectivity index (χ3n) is 4.87. The van der Waals surface area contributed by atoms with E-state index in [-0.39, 0.29) is 16.0 Å². The smallest absolute Gasteiger partial charge is 0.147 e. The summed E-state index contributed by atoms with van der Waals surface area (Å²) in [5.41, 5.74) is 4.95. The molecule has 0 aliphatic carbocycles. The molecule has 0 saturated carbocycles. The maximum atomic E-state index is 10.2. The van der Waals surface area contributed by atoms with E-state index in [1.165, 1.54) is 0 Å². The fraction of sp³-hybridized carbons (Fsp3) is 0. The van der Waals surface area contributed by atoms with Gasteiger partial charge in [-0.3, -0.25) is 4.99 Å². The van der Waals surface area contributed by atoms with Crippen LogP contribution in [0.5, 0.6) is 11.5 Å². The number of H-pyrrole nitrogens is 2. The zero-order valence-electron chi connectivity index (χ0n) is 15.3. The van der Waals surface area contributed by atoms with E-state index in [9.17, 15) is 10.2 Å². The first-order chi connectivity index (χ1) is 14.5. The second kappa shape index (κ2) is 7.30. The predicted molar refractivity (Wildman–Crippen MR) is 126 cm³/mol. The van der Waals surface area contributed by atoms with Crippen molar-refractivity contribution in [3.63, 3.8) is 0 Å². The van der Waals surface area contributed by atoms with Gasteiger partial charge < -0.3 is 20.2 Å². The molecular formula is C22H14Br2N4O2. The number of aromatic amines is 2. The maximum Gasteiger partial charge on any atom is 0.147 e. The van der Waals surface area contributed by atoms with Crippen LogP contribution in [0.1, 0.15) is 5.56 Å². The number of nitrogens with one attached hydrogen (secondary N) is 2. The molecule has 0 aliphatic rings. The van der Waals surface area contributed by atoms with E-state index in [0.29, 0.717) is 15.7 Å². The number of aromatic hydroxyl groups is 2. The van der Waals surface area contributed by atoms with Gasteiger partial charge in [-0.25, -0.2) is 4.98 Å². The van der Waals surface area contributed by atoms with Crippen LogP contribution in [-0.2, 0) is 0 Å². The molecule has 148 valence electrons. The minimum atomic E-state index is -0.0813. The first-order valence-corrected chi connectivity index (χ1v) is 10.6. The van der Waals surface area contributed by atoms with E-state index < -0.39 is 0 Å². The molecule has 0 bridgehead atoms. The lowest BCUT2D eigenvalue weighted by atomic mass is 10.1. The molecule has 0 fully saturated rings. The highest BCUT2D eigenvalue weighted by Gasteiger charge is 2.13. The topological polar surface area (TPSA) is 97.3 Å². The Morgan fingerprint density at radius 1 is 0.967 bits per heavy atom. The van der Waals surface area contributed by atoms with Gasteiger partial charge in [-0.2, -0.15) is 0 Å². The zero-order valence-corrected chi connectivity index (χ0v) is 18.5. The van der Waals surface area contributed by atoms with Crippen LogP contribution in [0.25, 0.3) is 33.3 Å². The molecule has 0 amide bonds. The van der Waals surface area contributed by atoms with Gasteiger partial charge in [-0.05, 0) is 68.3 Å². The SMILES string of the molecule is Oc1c(Br)cc(/C=N/c2ccc3[nH]c(-c4cccc5[nH]ccc45)nc3c2)c(O)c1Br. The highest BCUT2D eigenvalue weighted by atomic mass is 79.9. The Bertz CT molecular complexity index is 1450. The van der Waals surface area contributed by atoms with Crippen molar-refractivity contribution in [2.24, 2.45) is 4.99 Å². The van der Waals surface area contributed by atoms with Gasteiger partial charge in [0.25, 0.3) is 0 Å². The standard InChI is InChI=1S/C22H14Br2N4O2/c23-15-8-11(20(29)19(24)21(15)30)10-26-12-4-5-17-18(9-12)28-22(27-17)14-2-1-3-16-13(14)6-7-25-16/h1-10,25,29-30H,(H,27,28)/b26-10+. The highest BCUT2D eigenvalue weighted by molar-refractivity contribution is 9.11. The number of aromatic nitrogens is 3. The van der Waals surface area contributed by atoms with E-state index in [2.05, 4.69) is 46.8 Å². The number of imidazole rings is 1. The molecule has 0 atom stereocenters. The number of aliphatic imine (C=N–C) groups is 1. The van der Waals surface area contributed by atoms with E-state index in [1.807, 2.05) is 48.7 Å². The summed E-state index contributed by atoms with van der Waals surface area (Å²) in [4.78, 5) is 15.8. The largest absolute Gasteiger partial charge is 0.506 e. The van der Waals surface area contributed by atoms with Crippen molar-refractivity contribution in [3.8, 4) is 22.9 Å². The van der Waals surface area contributed by atoms with Crippen molar-refractivity contribution < 1.29 is 10.2 Å². The number of nitrogens with zero attached hydrogens (tertiary/aromatic N) is 2. The normalized spacial score (nSPS) is 11.8. The van der Waals surface area contributed by atoms with Crippen molar-refractivity contribution in [2.75, 3.05) is 0 Å². The van der Waals surface area contributed by atoms with Gasteiger partial charge in [0.05, 0.1) is 21.2 Å². The summed E-state index contributed by atoms with van der Waals surface area (Å²) >= 11 is 6.43. The molecule has 0 spiro atoms. The van der Waals surface area contributed by atoms with Crippen LogP contribution in [0.4, 0.5) is 5.69 Å². The van der Waals surface area contributed by atoms with Gasteiger partial charge in [0, 0.05) is 34.4 Å². The molecule has 5 aromatic rings. The Morgan fingerprint density at radius 2 is 1.83 bits per heavy atom. The van der Waals surface area contributed by atoms with E-state index >= 15 is 0 Å². The lowest BCUT2D eigenvalue weighted by Crippen LogP contribution is -1.85. The molecule has 0 radical (unpaired) electrons. The number of fused-ring (bicyclic) bond motifs is 2. The molecule has 4 N–H and O–H groups in total. The summed E-state index contributed by atoms with van der Waals surface area (Å²) < 4.78 is 0.671. The number of benzene rings is 3. The number of hydrogen-bond donors (Lipinski definition) is 4. The second-order valence-electron chi connectivity index (χ2n) is 6.75. The Kier molecular flexibility index (Phi) is 4.60. The first-order valence-electron chi connectivity index (χ1n) is 9.01. The van der Waals surface area contributed by atoms with Gasteiger partial charge in [0.2, 0.25) is 0 Å². The summed E-state index contributed by atoms with van der Waals surface area (Å²) in [6.45, 7) is 0. The summed E-state index contributed by atoms with van der Waals surface area (Å²) in [6, 6.07) is 15.4. The van der Waals surface area contributed by atoms with Crippen LogP contribution in [-0.4, -0.2) is 31.4 Å². The molecule has 6 nitrogen and oxygen atoms in total. The summed E-state index contributed by atoms with van der Waals surface area (Å²) in [5, 5.41) is 21.2. The molecule has 2 heterocycles. The van der Waals surface area contributed by atoms with Crippen molar-refractivity contribution >= 4 is 65.7 Å². The van der Waals surface area contributed by atoms with Crippen LogP contribution in [0.15, 0.2) is 68.7 Å². The molecule has 3 aromatic carbocycles. The van der Waals surface area contributed by atoms with Gasteiger partial charge in [0.15, 0.2) is 0 Å². The van der Waals surface area contributed by atoms with Crippen LogP contribution < -0.4 is 0 Å². The molecule has 5 rings (SSSR count). The minimum Gasteiger partial charge on any atom is -0.506 e. The second-order valence-corrected chi connectivity index (χ2v) is 8.40. The Labute approximate surface area is 187 Å². The molecule has 30 heavy (non-hydrogen) atoms. The maximum absolute atomic E-state index is 10.2. The quantitative estimate of drug-likeness (QED) is 0.205. The van der Waals surface area contributed by atoms with Gasteiger partial charge in [-0.15, -0.1) is 0 Å². The molecule has 0 saturated heterocycles. The van der Waals surface area contributed by atoms with Crippen molar-refractivity contribution in [3.05, 3.63) is 69.2 Å². The van der Waals surface area contributed by atoms with Crippen molar-refractivity contribution in [1.29, 1.82) is 0 Å². The molecular weight excluding hydrogens is 512 g/mol. The van der Waals surface area contributed by atoms with Crippen molar-refractivity contribution in [2.45, 2.75) is 0 Å². The lowest BCUT2D eigenvalue weighted by molar-refractivity contribution is 0.442. The predicted octanol–water partition coefficient (Wildman–Crippen LogP) is 6.40. The Hall–Kier alpha value is -3.10. The lowest BCUT2D eigenvalue weighted by Gasteiger charge is -2.06. The van der Waals surface area contributed by atoms with Crippen molar-refractivity contribution in [1.82, 2.24) is 15.0 Å². The van der Waals surface area contributed by atoms with E-state index in [0.717, 1.165) is 33.3 Å². The molecule has 0 aliphatic heterocycles. The average molecular weight is 526 g/mol. The van der Waals surface area contributed by atoms with Crippen LogP contribution >= 0.6 is 31.9 Å². The molecule has 2 aromatic heterocycles. The van der Waals surface area contributed by atoms with E-state index in [4.69, 9.17) is 4.98 Å². The van der Waals surface area contributed by atoms with Gasteiger partial charge in [0.1, 0.15) is 21.8 Å². The van der Waals surface area contributed by atoms with Crippen LogP contribution in [0.3, 0.4) is 0 Å². The average Bonchev–Trinajstić information content (AvgIpc) is 3.40. The fourth-order valence-corrected chi connectivity index (χ4v) is 4.51. The summed E-state index contributed by atoms with van der Waals surface area (Å²) in [7, 11) is 0. The fourth-order valence-electron chi connectivity index (χ4n) is 3.35. The zero-order chi connectivity index (χ0) is 20.8. The Morgan fingerprint density at radius 3 is 2.70 bits per heavy atom. The van der Waals surface area contributed by atoms with Crippen LogP contribution in [0.2, 0.25) is 0 Å². The minimum absolute atomic E-state index is 0.0624. The highest BCUT2D eigenvalue weighted by Crippen LogP contribution is 2.40. The Balaban J connectivity index is 1.52. The molecule has 0 unspecified atom stereocenters. The third-order valence-corrected chi connectivity index (χ3v) is 6.22. The summed E-state index contributed by atoms with van der Waals surface area (Å²) in [5.74, 6) is 0.648. The first kappa shape index (κ1) is 18.9. The van der Waals surface area contributed by atoms with Gasteiger partial charge >= 0.3 is 0 Å². The monoisotopic (exact) mass is 524 g/mol. The number of halogens is 2. The number of rotatable bonds is 3. The van der Waals surface area contributed by atoms with E-state index in [1.54, 1.807) is 12.3 Å². The van der Waals surface area contributed by atoms with Crippen LogP contribution in [0, 0.1) is 0 Å². The number of phenols is 2.